The van der Waals surface area contributed by atoms with E-state index in [9.17, 15) is 10.2 Å². The van der Waals surface area contributed by atoms with Crippen molar-refractivity contribution < 1.29 is 14.9 Å². The Balaban J connectivity index is 1.65. The summed E-state index contributed by atoms with van der Waals surface area (Å²) in [5.41, 5.74) is 0. The van der Waals surface area contributed by atoms with Crippen LogP contribution in [-0.2, 0) is 4.74 Å². The molecule has 2 unspecified atom stereocenters. The highest BCUT2D eigenvalue weighted by Gasteiger charge is 2.29. The Bertz CT molecular complexity index is 187. The van der Waals surface area contributed by atoms with Crippen LogP contribution in [0.4, 0.5) is 0 Å². The average molecular weight is 216 g/mol. The Hall–Kier alpha value is -0.200. The molecule has 2 saturated heterocycles. The molecule has 0 aromatic carbocycles. The van der Waals surface area contributed by atoms with Crippen LogP contribution in [0.5, 0.6) is 0 Å². The first kappa shape index (κ1) is 11.3. The summed E-state index contributed by atoms with van der Waals surface area (Å²) in [6, 6.07) is 0. The molecule has 88 valence electrons. The van der Waals surface area contributed by atoms with Gasteiger partial charge in [0.05, 0.1) is 25.4 Å². The van der Waals surface area contributed by atoms with E-state index in [1.54, 1.807) is 0 Å². The molecule has 2 heterocycles. The van der Waals surface area contributed by atoms with Gasteiger partial charge in [-0.3, -0.25) is 9.80 Å². The average Bonchev–Trinajstić information content (AvgIpc) is 2.57. The van der Waals surface area contributed by atoms with Crippen molar-refractivity contribution in [2.75, 3.05) is 52.5 Å². The molecule has 0 aromatic heterocycles. The van der Waals surface area contributed by atoms with Crippen LogP contribution in [0.2, 0.25) is 0 Å². The second kappa shape index (κ2) is 5.23. The van der Waals surface area contributed by atoms with Gasteiger partial charge < -0.3 is 14.9 Å². The lowest BCUT2D eigenvalue weighted by molar-refractivity contribution is 0.0338. The van der Waals surface area contributed by atoms with Gasteiger partial charge in [-0.2, -0.15) is 0 Å². The van der Waals surface area contributed by atoms with E-state index >= 15 is 0 Å². The SMILES string of the molecule is OC1CN(CCN2CCOCC2)CC1O. The molecular weight excluding hydrogens is 196 g/mol. The number of morpholine rings is 1. The van der Waals surface area contributed by atoms with E-state index in [2.05, 4.69) is 9.80 Å². The first-order chi connectivity index (χ1) is 7.25. The maximum absolute atomic E-state index is 9.38. The summed E-state index contributed by atoms with van der Waals surface area (Å²) in [5.74, 6) is 0. The topological polar surface area (TPSA) is 56.2 Å². The standard InChI is InChI=1S/C10H20N2O3/c13-9-7-12(8-10(9)14)2-1-11-3-5-15-6-4-11/h9-10,13-14H,1-8H2. The maximum atomic E-state index is 9.38. The fourth-order valence-corrected chi connectivity index (χ4v) is 2.14. The van der Waals surface area contributed by atoms with Gasteiger partial charge in [-0.25, -0.2) is 0 Å². The van der Waals surface area contributed by atoms with Crippen LogP contribution in [-0.4, -0.2) is 84.7 Å². The van der Waals surface area contributed by atoms with E-state index in [4.69, 9.17) is 4.74 Å². The molecule has 0 amide bonds. The van der Waals surface area contributed by atoms with Gasteiger partial charge in [0.2, 0.25) is 0 Å². The summed E-state index contributed by atoms with van der Waals surface area (Å²) in [7, 11) is 0. The molecule has 0 aromatic rings. The van der Waals surface area contributed by atoms with Crippen LogP contribution in [0.25, 0.3) is 0 Å². The van der Waals surface area contributed by atoms with Crippen molar-refractivity contribution in [2.24, 2.45) is 0 Å². The molecule has 2 fully saturated rings. The minimum atomic E-state index is -0.560. The van der Waals surface area contributed by atoms with Crippen LogP contribution < -0.4 is 0 Å². The first-order valence-electron chi connectivity index (χ1n) is 5.64. The third kappa shape index (κ3) is 3.12. The van der Waals surface area contributed by atoms with Crippen LogP contribution in [0.15, 0.2) is 0 Å². The van der Waals surface area contributed by atoms with E-state index in [-0.39, 0.29) is 0 Å². The van der Waals surface area contributed by atoms with Crippen LogP contribution >= 0.6 is 0 Å². The summed E-state index contributed by atoms with van der Waals surface area (Å²) in [4.78, 5) is 4.48. The molecule has 5 heteroatoms. The zero-order chi connectivity index (χ0) is 10.7. The molecule has 0 spiro atoms. The van der Waals surface area contributed by atoms with Gasteiger partial charge in [0.1, 0.15) is 0 Å². The highest BCUT2D eigenvalue weighted by Crippen LogP contribution is 2.09. The molecule has 5 nitrogen and oxygen atoms in total. The molecule has 0 saturated carbocycles. The highest BCUT2D eigenvalue weighted by atomic mass is 16.5. The number of hydrogen-bond acceptors (Lipinski definition) is 5. The monoisotopic (exact) mass is 216 g/mol. The number of β-amino-alcohol motifs (C(OH)–C–C–N with tert-alkyl or cyclic N) is 2. The van der Waals surface area contributed by atoms with Gasteiger partial charge in [0.25, 0.3) is 0 Å². The lowest BCUT2D eigenvalue weighted by atomic mass is 10.3. The number of nitrogens with zero attached hydrogens (tertiary/aromatic N) is 2. The van der Waals surface area contributed by atoms with Crippen LogP contribution in [0, 0.1) is 0 Å². The smallest absolute Gasteiger partial charge is 0.0938 e. The first-order valence-corrected chi connectivity index (χ1v) is 5.64. The van der Waals surface area contributed by atoms with Gasteiger partial charge in [0.15, 0.2) is 0 Å². The van der Waals surface area contributed by atoms with Crippen molar-refractivity contribution in [1.82, 2.24) is 9.80 Å². The zero-order valence-corrected chi connectivity index (χ0v) is 9.01. The van der Waals surface area contributed by atoms with E-state index in [1.165, 1.54) is 0 Å². The number of hydrogen-bond donors (Lipinski definition) is 2. The minimum Gasteiger partial charge on any atom is -0.389 e. The Morgan fingerprint density at radius 2 is 1.47 bits per heavy atom. The number of aliphatic hydroxyl groups is 2. The minimum absolute atomic E-state index is 0.560. The summed E-state index contributed by atoms with van der Waals surface area (Å²) < 4.78 is 5.27. The Labute approximate surface area is 90.2 Å². The molecule has 2 aliphatic heterocycles. The third-order valence-electron chi connectivity index (χ3n) is 3.17. The quantitative estimate of drug-likeness (QED) is 0.592. The van der Waals surface area contributed by atoms with Crippen molar-refractivity contribution in [3.8, 4) is 0 Å². The predicted molar refractivity (Wildman–Crippen MR) is 55.7 cm³/mol. The molecule has 2 rings (SSSR count). The maximum Gasteiger partial charge on any atom is 0.0938 e. The molecular formula is C10H20N2O3. The van der Waals surface area contributed by atoms with Crippen LogP contribution in [0.3, 0.4) is 0 Å². The third-order valence-corrected chi connectivity index (χ3v) is 3.17. The fourth-order valence-electron chi connectivity index (χ4n) is 2.14. The Morgan fingerprint density at radius 3 is 2.07 bits per heavy atom. The summed E-state index contributed by atoms with van der Waals surface area (Å²) >= 11 is 0. The lowest BCUT2D eigenvalue weighted by Crippen LogP contribution is -2.41. The summed E-state index contributed by atoms with van der Waals surface area (Å²) in [6.45, 7) is 6.78. The number of likely N-dealkylation sites (tertiary alicyclic amines) is 1. The molecule has 2 N–H and O–H groups in total. The molecule has 2 atom stereocenters. The molecule has 0 radical (unpaired) electrons. The number of ether oxygens (including phenoxy) is 1. The lowest BCUT2D eigenvalue weighted by Gasteiger charge is -2.28. The molecule has 15 heavy (non-hydrogen) atoms. The van der Waals surface area contributed by atoms with Gasteiger partial charge in [0, 0.05) is 39.3 Å². The van der Waals surface area contributed by atoms with E-state index < -0.39 is 12.2 Å². The normalized spacial score (nSPS) is 34.8. The van der Waals surface area contributed by atoms with E-state index in [1.807, 2.05) is 0 Å². The highest BCUT2D eigenvalue weighted by molar-refractivity contribution is 4.83. The molecule has 2 aliphatic rings. The summed E-state index contributed by atoms with van der Waals surface area (Å²) in [5, 5.41) is 18.8. The van der Waals surface area contributed by atoms with E-state index in [0.29, 0.717) is 13.1 Å². The van der Waals surface area contributed by atoms with Crippen molar-refractivity contribution >= 4 is 0 Å². The molecule has 0 aliphatic carbocycles. The van der Waals surface area contributed by atoms with Gasteiger partial charge in [-0.15, -0.1) is 0 Å². The predicted octanol–water partition coefficient (Wildman–Crippen LogP) is -1.64. The second-order valence-corrected chi connectivity index (χ2v) is 4.35. The largest absolute Gasteiger partial charge is 0.389 e. The Morgan fingerprint density at radius 1 is 0.933 bits per heavy atom. The van der Waals surface area contributed by atoms with Crippen molar-refractivity contribution in [1.29, 1.82) is 0 Å². The molecule has 0 bridgehead atoms. The number of rotatable bonds is 3. The van der Waals surface area contributed by atoms with Gasteiger partial charge >= 0.3 is 0 Å². The van der Waals surface area contributed by atoms with Crippen molar-refractivity contribution in [3.63, 3.8) is 0 Å². The van der Waals surface area contributed by atoms with Crippen molar-refractivity contribution in [2.45, 2.75) is 12.2 Å². The van der Waals surface area contributed by atoms with E-state index in [0.717, 1.165) is 39.4 Å². The fraction of sp³-hybridized carbons (Fsp3) is 1.00. The van der Waals surface area contributed by atoms with Crippen LogP contribution in [0.1, 0.15) is 0 Å². The van der Waals surface area contributed by atoms with Gasteiger partial charge in [-0.05, 0) is 0 Å². The summed E-state index contributed by atoms with van der Waals surface area (Å²) in [6.07, 6.45) is -1.12. The zero-order valence-electron chi connectivity index (χ0n) is 9.01. The second-order valence-electron chi connectivity index (χ2n) is 4.35. The van der Waals surface area contributed by atoms with Gasteiger partial charge in [-0.1, -0.05) is 0 Å². The number of aliphatic hydroxyl groups excluding tert-OH is 2. The van der Waals surface area contributed by atoms with Crippen molar-refractivity contribution in [3.05, 3.63) is 0 Å². The Kier molecular flexibility index (Phi) is 3.93.